The number of nitrogens with zero attached hydrogens (tertiary/aromatic N) is 2. The second-order valence-electron chi connectivity index (χ2n) is 9.43. The van der Waals surface area contributed by atoms with Crippen molar-refractivity contribution in [2.75, 3.05) is 53.6 Å². The Kier molecular flexibility index (Phi) is 9.75. The highest BCUT2D eigenvalue weighted by Gasteiger charge is 2.48. The number of carbonyl (C=O) groups excluding carboxylic acids is 1. The van der Waals surface area contributed by atoms with E-state index in [4.69, 9.17) is 19.4 Å². The lowest BCUT2D eigenvalue weighted by Crippen LogP contribution is -2.47. The van der Waals surface area contributed by atoms with Crippen LogP contribution < -0.4 is 4.74 Å². The molecule has 10 heteroatoms. The summed E-state index contributed by atoms with van der Waals surface area (Å²) >= 11 is 0. The van der Waals surface area contributed by atoms with Gasteiger partial charge in [-0.05, 0) is 42.4 Å². The number of methoxy groups -OCH3 is 2. The smallest absolute Gasteiger partial charge is 0.490 e. The fraction of sp³-hybridized carbons (Fsp3) is 0.667. The highest BCUT2D eigenvalue weighted by molar-refractivity contribution is 5.94. The van der Waals surface area contributed by atoms with E-state index >= 15 is 0 Å². The number of benzene rings is 1. The Morgan fingerprint density at radius 3 is 2.32 bits per heavy atom. The predicted molar refractivity (Wildman–Crippen MR) is 121 cm³/mol. The molecule has 1 unspecified atom stereocenters. The van der Waals surface area contributed by atoms with E-state index < -0.39 is 12.1 Å². The van der Waals surface area contributed by atoms with Crippen LogP contribution in [0.4, 0.5) is 13.2 Å². The molecule has 3 rings (SSSR count). The highest BCUT2D eigenvalue weighted by atomic mass is 19.4. The molecule has 1 aromatic rings. The molecule has 1 atom stereocenters. The molecule has 1 N–H and O–H groups in total. The number of likely N-dealkylation sites (tertiary alicyclic amines) is 2. The lowest BCUT2D eigenvalue weighted by Gasteiger charge is -2.42. The summed E-state index contributed by atoms with van der Waals surface area (Å²) in [5.74, 6) is -0.667. The summed E-state index contributed by atoms with van der Waals surface area (Å²) in [7, 11) is 3.44. The first kappa shape index (κ1) is 27.9. The van der Waals surface area contributed by atoms with Gasteiger partial charge in [-0.2, -0.15) is 13.2 Å². The standard InChI is InChI=1S/C22H34N2O3.C2HF3O2/c1-17(2)13-23-14-19(15-26-3)22(16-23)8-10-24(11-9-22)21(25)18-6-5-7-20(12-18)27-4;3-2(4,5)1(6)7/h5-7,12,17,19H,8-11,13-16H2,1-4H3;(H,6,7). The largest absolute Gasteiger partial charge is 0.497 e. The maximum absolute atomic E-state index is 12.9. The fourth-order valence-electron chi connectivity index (χ4n) is 4.89. The summed E-state index contributed by atoms with van der Waals surface area (Å²) in [4.78, 5) is 26.4. The van der Waals surface area contributed by atoms with Gasteiger partial charge in [0.05, 0.1) is 13.7 Å². The van der Waals surface area contributed by atoms with Crippen LogP contribution in [0, 0.1) is 17.3 Å². The van der Waals surface area contributed by atoms with E-state index in [-0.39, 0.29) is 11.3 Å². The Labute approximate surface area is 198 Å². The van der Waals surface area contributed by atoms with Crippen molar-refractivity contribution in [2.45, 2.75) is 32.9 Å². The SMILES string of the molecule is COCC1CN(CC(C)C)CC12CCN(C(=O)c1cccc(OC)c1)CC2.O=C(O)C(F)(F)F. The Bertz CT molecular complexity index is 823. The Morgan fingerprint density at radius 1 is 1.21 bits per heavy atom. The van der Waals surface area contributed by atoms with E-state index in [1.807, 2.05) is 29.2 Å². The van der Waals surface area contributed by atoms with Gasteiger partial charge in [-0.3, -0.25) is 4.79 Å². The fourth-order valence-corrected chi connectivity index (χ4v) is 4.89. The normalized spacial score (nSPS) is 20.2. The lowest BCUT2D eigenvalue weighted by molar-refractivity contribution is -0.192. The molecule has 2 aliphatic rings. The molecular formula is C24H35F3N2O5. The van der Waals surface area contributed by atoms with Crippen LogP contribution in [0.3, 0.4) is 0 Å². The third-order valence-corrected chi connectivity index (χ3v) is 6.48. The number of carbonyl (C=O) groups is 2. The van der Waals surface area contributed by atoms with Crippen LogP contribution in [0.2, 0.25) is 0 Å². The zero-order valence-corrected chi connectivity index (χ0v) is 20.2. The van der Waals surface area contributed by atoms with Crippen LogP contribution in [0.15, 0.2) is 24.3 Å². The lowest BCUT2D eigenvalue weighted by atomic mass is 9.71. The number of carboxylic acid groups (broad SMARTS) is 1. The molecule has 0 radical (unpaired) electrons. The van der Waals surface area contributed by atoms with Gasteiger partial charge in [0.1, 0.15) is 5.75 Å². The van der Waals surface area contributed by atoms with Crippen LogP contribution in [0.1, 0.15) is 37.0 Å². The average Bonchev–Trinajstić information content (AvgIpc) is 3.09. The van der Waals surface area contributed by atoms with Gasteiger partial charge in [0.25, 0.3) is 5.91 Å². The minimum Gasteiger partial charge on any atom is -0.497 e. The Balaban J connectivity index is 0.000000509. The molecule has 0 aliphatic carbocycles. The van der Waals surface area contributed by atoms with Crippen molar-refractivity contribution in [1.82, 2.24) is 9.80 Å². The molecule has 2 aliphatic heterocycles. The van der Waals surface area contributed by atoms with Crippen LogP contribution in [-0.4, -0.2) is 86.5 Å². The van der Waals surface area contributed by atoms with Crippen molar-refractivity contribution >= 4 is 11.9 Å². The number of hydrogen-bond donors (Lipinski definition) is 1. The third-order valence-electron chi connectivity index (χ3n) is 6.48. The molecule has 2 fully saturated rings. The minimum absolute atomic E-state index is 0.115. The molecule has 1 amide bonds. The number of ether oxygens (including phenoxy) is 2. The molecule has 1 spiro atoms. The van der Waals surface area contributed by atoms with E-state index in [1.54, 1.807) is 14.2 Å². The van der Waals surface area contributed by atoms with E-state index in [2.05, 4.69) is 18.7 Å². The predicted octanol–water partition coefficient (Wildman–Crippen LogP) is 3.79. The molecular weight excluding hydrogens is 453 g/mol. The zero-order chi connectivity index (χ0) is 25.5. The molecule has 2 heterocycles. The number of carboxylic acids is 1. The maximum Gasteiger partial charge on any atom is 0.490 e. The molecule has 0 bridgehead atoms. The number of piperidine rings is 1. The first-order valence-electron chi connectivity index (χ1n) is 11.4. The number of alkyl halides is 3. The van der Waals surface area contributed by atoms with Crippen LogP contribution in [0.25, 0.3) is 0 Å². The number of halogens is 3. The summed E-state index contributed by atoms with van der Waals surface area (Å²) < 4.78 is 42.6. The Hall–Kier alpha value is -2.33. The molecule has 192 valence electrons. The van der Waals surface area contributed by atoms with Gasteiger partial charge in [-0.15, -0.1) is 0 Å². The second-order valence-corrected chi connectivity index (χ2v) is 9.43. The van der Waals surface area contributed by atoms with Gasteiger partial charge in [-0.25, -0.2) is 4.79 Å². The number of aliphatic carboxylic acids is 1. The van der Waals surface area contributed by atoms with Gasteiger partial charge in [-0.1, -0.05) is 19.9 Å². The van der Waals surface area contributed by atoms with Gasteiger partial charge < -0.3 is 24.4 Å². The van der Waals surface area contributed by atoms with Gasteiger partial charge in [0.15, 0.2) is 0 Å². The van der Waals surface area contributed by atoms with Crippen molar-refractivity contribution < 1.29 is 37.3 Å². The molecule has 1 aromatic carbocycles. The van der Waals surface area contributed by atoms with E-state index in [9.17, 15) is 18.0 Å². The Morgan fingerprint density at radius 2 is 1.82 bits per heavy atom. The zero-order valence-electron chi connectivity index (χ0n) is 20.2. The number of amides is 1. The quantitative estimate of drug-likeness (QED) is 0.657. The number of hydrogen-bond acceptors (Lipinski definition) is 5. The van der Waals surface area contributed by atoms with Crippen molar-refractivity contribution in [1.29, 1.82) is 0 Å². The monoisotopic (exact) mass is 488 g/mol. The van der Waals surface area contributed by atoms with Gasteiger partial charge in [0, 0.05) is 51.3 Å². The summed E-state index contributed by atoms with van der Waals surface area (Å²) in [5.41, 5.74) is 1.00. The highest BCUT2D eigenvalue weighted by Crippen LogP contribution is 2.45. The van der Waals surface area contributed by atoms with Gasteiger partial charge in [0.2, 0.25) is 0 Å². The minimum atomic E-state index is -5.08. The van der Waals surface area contributed by atoms with E-state index in [0.717, 1.165) is 57.9 Å². The van der Waals surface area contributed by atoms with Crippen LogP contribution >= 0.6 is 0 Å². The number of rotatable bonds is 6. The van der Waals surface area contributed by atoms with Crippen LogP contribution in [-0.2, 0) is 9.53 Å². The summed E-state index contributed by atoms with van der Waals surface area (Å²) in [5, 5.41) is 7.12. The van der Waals surface area contributed by atoms with Crippen molar-refractivity contribution in [3.8, 4) is 5.75 Å². The molecule has 0 aromatic heterocycles. The first-order valence-corrected chi connectivity index (χ1v) is 11.4. The summed E-state index contributed by atoms with van der Waals surface area (Å²) in [6, 6.07) is 7.47. The molecule has 34 heavy (non-hydrogen) atoms. The van der Waals surface area contributed by atoms with E-state index in [1.165, 1.54) is 0 Å². The molecule has 7 nitrogen and oxygen atoms in total. The average molecular weight is 489 g/mol. The third kappa shape index (κ3) is 7.33. The van der Waals surface area contributed by atoms with E-state index in [0.29, 0.717) is 17.4 Å². The molecule has 2 saturated heterocycles. The van der Waals surface area contributed by atoms with Crippen molar-refractivity contribution in [3.63, 3.8) is 0 Å². The maximum atomic E-state index is 12.9. The van der Waals surface area contributed by atoms with Gasteiger partial charge >= 0.3 is 12.1 Å². The summed E-state index contributed by atoms with van der Waals surface area (Å²) in [6.07, 6.45) is -2.96. The molecule has 0 saturated carbocycles. The second kappa shape index (κ2) is 11.9. The van der Waals surface area contributed by atoms with Crippen molar-refractivity contribution in [2.24, 2.45) is 17.3 Å². The topological polar surface area (TPSA) is 79.3 Å². The van der Waals surface area contributed by atoms with Crippen molar-refractivity contribution in [3.05, 3.63) is 29.8 Å². The first-order chi connectivity index (χ1) is 15.9. The van der Waals surface area contributed by atoms with Crippen LogP contribution in [0.5, 0.6) is 5.75 Å². The summed E-state index contributed by atoms with van der Waals surface area (Å²) in [6.45, 7) is 10.4.